The summed E-state index contributed by atoms with van der Waals surface area (Å²) >= 11 is 4.08. The maximum Gasteiger partial charge on any atom is 0.358 e. The Kier molecular flexibility index (Phi) is 9.64. The van der Waals surface area contributed by atoms with Crippen LogP contribution in [0.4, 0.5) is 5.13 Å². The normalized spacial score (nSPS) is 21.9. The summed E-state index contributed by atoms with van der Waals surface area (Å²) in [5, 5.41) is 7.90. The van der Waals surface area contributed by atoms with Gasteiger partial charge < -0.3 is 30.1 Å². The van der Waals surface area contributed by atoms with E-state index in [4.69, 9.17) is 24.8 Å². The molecule has 4 heterocycles. The van der Waals surface area contributed by atoms with Gasteiger partial charge in [-0.05, 0) is 33.6 Å². The molecular formula is C24H31N5O8S3. The summed E-state index contributed by atoms with van der Waals surface area (Å²) < 4.78 is 15.8. The number of ether oxygens (including phenoxy) is 3. The first kappa shape index (κ1) is 30.1. The molecule has 2 amide bonds. The summed E-state index contributed by atoms with van der Waals surface area (Å²) in [6, 6.07) is -0.924. The first-order chi connectivity index (χ1) is 19.0. The van der Waals surface area contributed by atoms with E-state index in [0.717, 1.165) is 24.2 Å². The number of nitrogen functional groups attached to an aromatic ring is 1. The van der Waals surface area contributed by atoms with Gasteiger partial charge in [0.1, 0.15) is 29.9 Å². The molecule has 2 saturated heterocycles. The van der Waals surface area contributed by atoms with Crippen molar-refractivity contribution < 1.29 is 38.2 Å². The van der Waals surface area contributed by atoms with Crippen molar-refractivity contribution in [1.29, 1.82) is 0 Å². The molecule has 0 aliphatic carbocycles. The van der Waals surface area contributed by atoms with Gasteiger partial charge >= 0.3 is 11.9 Å². The Labute approximate surface area is 243 Å². The number of esters is 2. The van der Waals surface area contributed by atoms with E-state index < -0.39 is 47.4 Å². The molecule has 0 bridgehead atoms. The highest BCUT2D eigenvalue weighted by Crippen LogP contribution is 2.45. The lowest BCUT2D eigenvalue weighted by atomic mass is 9.98. The standard InChI is InChI=1S/C24H31N5O8S3/c1-24(2,3)22(33)37-11-36-21(32)17-14(40-12-5-7-35-8-6-12)10-38-20-16(19(31)29(17)20)27-18(30)15(28-34-4)13-9-39-23(25)26-13/h9,12,16,20H,5-8,10-11H2,1-4H3,(H2,25,26)(H,27,30)/t16?,20-/m0/s1. The van der Waals surface area contributed by atoms with Crippen molar-refractivity contribution in [1.82, 2.24) is 15.2 Å². The van der Waals surface area contributed by atoms with E-state index in [1.807, 2.05) is 0 Å². The number of oxime groups is 1. The minimum atomic E-state index is -0.924. The monoisotopic (exact) mass is 613 g/mol. The van der Waals surface area contributed by atoms with Crippen molar-refractivity contribution >= 4 is 69.5 Å². The second-order valence-electron chi connectivity index (χ2n) is 9.99. The molecule has 1 aromatic rings. The van der Waals surface area contributed by atoms with Gasteiger partial charge in [0.05, 0.1) is 5.41 Å². The second-order valence-corrected chi connectivity index (χ2v) is 13.4. The van der Waals surface area contributed by atoms with E-state index in [1.54, 1.807) is 26.2 Å². The molecule has 40 heavy (non-hydrogen) atoms. The zero-order valence-electron chi connectivity index (χ0n) is 22.5. The SMILES string of the molecule is CON=C(C(=O)NC1C(=O)N2C(C(=O)OCOC(=O)C(C)(C)C)=C(SC3CCOCC3)CS[C@@H]12)c1csc(N)n1. The van der Waals surface area contributed by atoms with Crippen LogP contribution in [0.25, 0.3) is 0 Å². The number of rotatable bonds is 9. The van der Waals surface area contributed by atoms with Crippen molar-refractivity contribution in [3.8, 4) is 0 Å². The largest absolute Gasteiger partial charge is 0.427 e. The number of anilines is 1. The number of nitrogens with one attached hydrogen (secondary N) is 1. The molecule has 13 nitrogen and oxygen atoms in total. The average Bonchev–Trinajstić information content (AvgIpc) is 3.35. The molecule has 16 heteroatoms. The molecule has 1 aromatic heterocycles. The van der Waals surface area contributed by atoms with Gasteiger partial charge in [0, 0.05) is 34.5 Å². The van der Waals surface area contributed by atoms with Crippen molar-refractivity contribution in [2.24, 2.45) is 10.6 Å². The fourth-order valence-corrected chi connectivity index (χ4v) is 7.33. The highest BCUT2D eigenvalue weighted by Gasteiger charge is 2.55. The first-order valence-corrected chi connectivity index (χ1v) is 15.2. The van der Waals surface area contributed by atoms with Crippen LogP contribution in [-0.2, 0) is 38.2 Å². The van der Waals surface area contributed by atoms with Gasteiger partial charge in [0.2, 0.25) is 6.79 Å². The number of hydrogen-bond acceptors (Lipinski definition) is 14. The van der Waals surface area contributed by atoms with Gasteiger partial charge in [-0.3, -0.25) is 19.3 Å². The van der Waals surface area contributed by atoms with Gasteiger partial charge in [-0.15, -0.1) is 34.9 Å². The highest BCUT2D eigenvalue weighted by atomic mass is 32.2. The summed E-state index contributed by atoms with van der Waals surface area (Å²) in [5.41, 5.74) is 5.10. The molecule has 0 spiro atoms. The molecule has 2 atom stereocenters. The van der Waals surface area contributed by atoms with E-state index in [0.29, 0.717) is 23.9 Å². The number of β-lactam (4-membered cyclic amide) rings is 1. The van der Waals surface area contributed by atoms with Gasteiger partial charge in [0.25, 0.3) is 11.8 Å². The van der Waals surface area contributed by atoms with Crippen LogP contribution in [0.3, 0.4) is 0 Å². The number of carbonyl (C=O) groups excluding carboxylic acids is 4. The Morgan fingerprint density at radius 3 is 2.62 bits per heavy atom. The molecule has 0 aromatic carbocycles. The molecule has 3 aliphatic rings. The number of aromatic nitrogens is 1. The minimum Gasteiger partial charge on any atom is -0.427 e. The van der Waals surface area contributed by atoms with Crippen LogP contribution in [0.5, 0.6) is 0 Å². The first-order valence-electron chi connectivity index (χ1n) is 12.4. The lowest BCUT2D eigenvalue weighted by Crippen LogP contribution is -2.71. The predicted octanol–water partition coefficient (Wildman–Crippen LogP) is 1.69. The summed E-state index contributed by atoms with van der Waals surface area (Å²) in [6.45, 7) is 5.72. The van der Waals surface area contributed by atoms with E-state index in [9.17, 15) is 19.2 Å². The fraction of sp³-hybridized carbons (Fsp3) is 0.583. The third-order valence-electron chi connectivity index (χ3n) is 6.05. The molecule has 3 N–H and O–H groups in total. The van der Waals surface area contributed by atoms with Crippen LogP contribution in [0.15, 0.2) is 21.1 Å². The number of nitrogens with zero attached hydrogens (tertiary/aromatic N) is 3. The predicted molar refractivity (Wildman–Crippen MR) is 150 cm³/mol. The maximum atomic E-state index is 13.4. The smallest absolute Gasteiger partial charge is 0.358 e. The Bertz CT molecular complexity index is 1220. The molecule has 0 saturated carbocycles. The third-order valence-corrected chi connectivity index (χ3v) is 9.61. The van der Waals surface area contributed by atoms with E-state index in [1.165, 1.54) is 35.5 Å². The van der Waals surface area contributed by atoms with Gasteiger partial charge in [-0.2, -0.15) is 0 Å². The summed E-state index contributed by atoms with van der Waals surface area (Å²) in [6.07, 6.45) is 1.62. The van der Waals surface area contributed by atoms with Crippen LogP contribution in [0, 0.1) is 5.41 Å². The van der Waals surface area contributed by atoms with E-state index >= 15 is 0 Å². The molecule has 1 unspecified atom stereocenters. The van der Waals surface area contributed by atoms with Crippen LogP contribution >= 0.6 is 34.9 Å². The lowest BCUT2D eigenvalue weighted by molar-refractivity contribution is -0.173. The van der Waals surface area contributed by atoms with Crippen LogP contribution < -0.4 is 11.1 Å². The van der Waals surface area contributed by atoms with Crippen LogP contribution in [0.1, 0.15) is 39.3 Å². The summed E-state index contributed by atoms with van der Waals surface area (Å²) in [5.74, 6) is -2.03. The van der Waals surface area contributed by atoms with Crippen molar-refractivity contribution in [3.05, 3.63) is 21.7 Å². The number of thiazole rings is 1. The number of fused-ring (bicyclic) bond motifs is 1. The Balaban J connectivity index is 1.50. The van der Waals surface area contributed by atoms with Crippen molar-refractivity contribution in [2.45, 2.75) is 50.3 Å². The highest BCUT2D eigenvalue weighted by molar-refractivity contribution is 8.06. The van der Waals surface area contributed by atoms with Crippen molar-refractivity contribution in [3.63, 3.8) is 0 Å². The topological polar surface area (TPSA) is 172 Å². The molecular weight excluding hydrogens is 582 g/mol. The van der Waals surface area contributed by atoms with Gasteiger partial charge in [-0.25, -0.2) is 9.78 Å². The lowest BCUT2D eigenvalue weighted by Gasteiger charge is -2.49. The Morgan fingerprint density at radius 2 is 2.00 bits per heavy atom. The molecule has 0 radical (unpaired) electrons. The average molecular weight is 614 g/mol. The van der Waals surface area contributed by atoms with E-state index in [-0.39, 0.29) is 27.5 Å². The summed E-state index contributed by atoms with van der Waals surface area (Å²) in [4.78, 5) is 62.7. The fourth-order valence-electron chi connectivity index (χ4n) is 3.99. The third kappa shape index (κ3) is 6.72. The maximum absolute atomic E-state index is 13.4. The second kappa shape index (κ2) is 12.8. The Morgan fingerprint density at radius 1 is 1.27 bits per heavy atom. The van der Waals surface area contributed by atoms with Crippen LogP contribution in [0.2, 0.25) is 0 Å². The molecule has 2 fully saturated rings. The van der Waals surface area contributed by atoms with E-state index in [2.05, 4.69) is 15.5 Å². The zero-order valence-corrected chi connectivity index (χ0v) is 24.9. The zero-order chi connectivity index (χ0) is 29.0. The van der Waals surface area contributed by atoms with Crippen LogP contribution in [-0.4, -0.2) is 88.9 Å². The molecule has 4 rings (SSSR count). The number of amides is 2. The number of hydrogen-bond donors (Lipinski definition) is 2. The number of thioether (sulfide) groups is 2. The Hall–Kier alpha value is -2.82. The van der Waals surface area contributed by atoms with Gasteiger partial charge in [-0.1, -0.05) is 5.16 Å². The number of nitrogens with two attached hydrogens (primary N) is 1. The van der Waals surface area contributed by atoms with Gasteiger partial charge in [0.15, 0.2) is 10.8 Å². The summed E-state index contributed by atoms with van der Waals surface area (Å²) in [7, 11) is 1.29. The molecule has 218 valence electrons. The molecule has 3 aliphatic heterocycles. The number of carbonyl (C=O) groups is 4. The van der Waals surface area contributed by atoms with Crippen molar-refractivity contribution in [2.75, 3.05) is 38.6 Å². The quantitative estimate of drug-likeness (QED) is 0.136. The minimum absolute atomic E-state index is 0.0978.